The summed E-state index contributed by atoms with van der Waals surface area (Å²) >= 11 is 0. The molecule has 29 heavy (non-hydrogen) atoms. The molecule has 7 heteroatoms. The Morgan fingerprint density at radius 3 is 2.21 bits per heavy atom. The molecule has 2 spiro atoms. The number of rotatable bonds is 4. The van der Waals surface area contributed by atoms with E-state index in [4.69, 9.17) is 0 Å². The third kappa shape index (κ3) is 3.31. The van der Waals surface area contributed by atoms with E-state index in [1.54, 1.807) is 28.6 Å². The largest absolute Gasteiger partial charge is 0.345 e. The Morgan fingerprint density at radius 1 is 1.00 bits per heavy atom. The van der Waals surface area contributed by atoms with E-state index in [1.165, 1.54) is 0 Å². The Kier molecular flexibility index (Phi) is 5.28. The number of amides is 1. The third-order valence-corrected chi connectivity index (χ3v) is 9.26. The molecule has 3 heterocycles. The minimum absolute atomic E-state index is 0.119. The van der Waals surface area contributed by atoms with Crippen LogP contribution < -0.4 is 0 Å². The molecule has 1 amide bonds. The van der Waals surface area contributed by atoms with E-state index in [-0.39, 0.29) is 16.7 Å². The minimum Gasteiger partial charge on any atom is -0.345 e. The number of likely N-dealkylation sites (tertiary alicyclic amines) is 2. The maximum absolute atomic E-state index is 13.3. The SMILES string of the molecule is CC(C)CN1CC2(CCN(S(=O)(=O)c3ccccc3)CC2)[C@@]2(CCN(C)C2=O)C1. The van der Waals surface area contributed by atoms with Crippen molar-refractivity contribution in [2.75, 3.05) is 46.3 Å². The molecule has 1 atom stereocenters. The summed E-state index contributed by atoms with van der Waals surface area (Å²) in [6.07, 6.45) is 2.41. The van der Waals surface area contributed by atoms with E-state index in [1.807, 2.05) is 18.0 Å². The Labute approximate surface area is 174 Å². The van der Waals surface area contributed by atoms with Gasteiger partial charge in [0, 0.05) is 51.7 Å². The average molecular weight is 420 g/mol. The van der Waals surface area contributed by atoms with E-state index in [9.17, 15) is 13.2 Å². The first-order chi connectivity index (χ1) is 13.7. The fourth-order valence-corrected chi connectivity index (χ4v) is 7.40. The highest BCUT2D eigenvalue weighted by molar-refractivity contribution is 7.89. The Hall–Kier alpha value is -1.44. The van der Waals surface area contributed by atoms with Gasteiger partial charge in [-0.05, 0) is 37.3 Å². The van der Waals surface area contributed by atoms with Crippen molar-refractivity contribution in [3.8, 4) is 0 Å². The van der Waals surface area contributed by atoms with Gasteiger partial charge in [0.1, 0.15) is 0 Å². The lowest BCUT2D eigenvalue weighted by Gasteiger charge is -2.46. The van der Waals surface area contributed by atoms with Crippen LogP contribution in [-0.2, 0) is 14.8 Å². The zero-order valence-corrected chi connectivity index (χ0v) is 18.6. The van der Waals surface area contributed by atoms with E-state index < -0.39 is 10.0 Å². The second-order valence-electron chi connectivity index (χ2n) is 9.62. The first-order valence-corrected chi connectivity index (χ1v) is 12.2. The number of nitrogens with zero attached hydrogens (tertiary/aromatic N) is 3. The molecule has 0 aliphatic carbocycles. The number of benzene rings is 1. The monoisotopic (exact) mass is 419 g/mol. The van der Waals surface area contributed by atoms with Gasteiger partial charge in [0.2, 0.25) is 15.9 Å². The van der Waals surface area contributed by atoms with Crippen LogP contribution in [0.25, 0.3) is 0 Å². The van der Waals surface area contributed by atoms with Crippen LogP contribution in [0.4, 0.5) is 0 Å². The van der Waals surface area contributed by atoms with Gasteiger partial charge in [-0.25, -0.2) is 8.42 Å². The molecule has 6 nitrogen and oxygen atoms in total. The minimum atomic E-state index is -3.48. The van der Waals surface area contributed by atoms with E-state index in [0.29, 0.717) is 23.9 Å². The number of sulfonamides is 1. The number of fused-ring (bicyclic) bond motifs is 1. The first kappa shape index (κ1) is 20.8. The lowest BCUT2D eigenvalue weighted by Crippen LogP contribution is -2.53. The fourth-order valence-electron chi connectivity index (χ4n) is 5.93. The zero-order valence-electron chi connectivity index (χ0n) is 17.8. The molecule has 160 valence electrons. The quantitative estimate of drug-likeness (QED) is 0.751. The first-order valence-electron chi connectivity index (χ1n) is 10.7. The maximum atomic E-state index is 13.3. The van der Waals surface area contributed by atoms with Crippen molar-refractivity contribution in [1.29, 1.82) is 0 Å². The second-order valence-corrected chi connectivity index (χ2v) is 11.6. The van der Waals surface area contributed by atoms with Gasteiger partial charge in [-0.2, -0.15) is 4.31 Å². The summed E-state index contributed by atoms with van der Waals surface area (Å²) in [6.45, 7) is 8.94. The Bertz CT molecular complexity index is 863. The van der Waals surface area contributed by atoms with E-state index in [0.717, 1.165) is 45.4 Å². The van der Waals surface area contributed by atoms with Crippen molar-refractivity contribution in [2.45, 2.75) is 38.0 Å². The van der Waals surface area contributed by atoms with Crippen LogP contribution in [-0.4, -0.2) is 74.7 Å². The van der Waals surface area contributed by atoms with E-state index >= 15 is 0 Å². The number of hydrogen-bond acceptors (Lipinski definition) is 4. The normalized spacial score (nSPS) is 28.3. The summed E-state index contributed by atoms with van der Waals surface area (Å²) in [7, 11) is -1.57. The van der Waals surface area contributed by atoms with Crippen LogP contribution in [0.1, 0.15) is 33.1 Å². The van der Waals surface area contributed by atoms with Crippen molar-refractivity contribution < 1.29 is 13.2 Å². The van der Waals surface area contributed by atoms with Gasteiger partial charge in [-0.1, -0.05) is 32.0 Å². The van der Waals surface area contributed by atoms with Gasteiger partial charge in [0.15, 0.2) is 0 Å². The van der Waals surface area contributed by atoms with Gasteiger partial charge >= 0.3 is 0 Å². The molecule has 4 rings (SSSR count). The number of hydrogen-bond donors (Lipinski definition) is 0. The average Bonchev–Trinajstić information content (AvgIpc) is 3.14. The molecule has 3 aliphatic heterocycles. The molecular weight excluding hydrogens is 386 g/mol. The molecule has 0 radical (unpaired) electrons. The number of carbonyl (C=O) groups excluding carboxylic acids is 1. The van der Waals surface area contributed by atoms with Crippen molar-refractivity contribution >= 4 is 15.9 Å². The molecule has 0 bridgehead atoms. The van der Waals surface area contributed by atoms with Gasteiger partial charge < -0.3 is 9.80 Å². The summed E-state index contributed by atoms with van der Waals surface area (Å²) in [5.41, 5.74) is -0.467. The third-order valence-electron chi connectivity index (χ3n) is 7.35. The summed E-state index contributed by atoms with van der Waals surface area (Å²) in [5, 5.41) is 0. The smallest absolute Gasteiger partial charge is 0.243 e. The molecule has 1 aromatic rings. The predicted molar refractivity (Wildman–Crippen MR) is 113 cm³/mol. The Balaban J connectivity index is 1.59. The standard InChI is InChI=1S/C22H33N3O3S/c1-18(2)15-24-16-21(22(17-24)11-12-23(3)20(22)26)9-13-25(14-10-21)29(27,28)19-7-5-4-6-8-19/h4-8,18H,9-17H2,1-3H3/t22-/m0/s1. The van der Waals surface area contributed by atoms with Crippen LogP contribution in [0.3, 0.4) is 0 Å². The van der Waals surface area contributed by atoms with Gasteiger partial charge in [0.05, 0.1) is 10.3 Å². The topological polar surface area (TPSA) is 60.9 Å². The van der Waals surface area contributed by atoms with Crippen molar-refractivity contribution in [2.24, 2.45) is 16.7 Å². The van der Waals surface area contributed by atoms with Gasteiger partial charge in [0.25, 0.3) is 0 Å². The highest BCUT2D eigenvalue weighted by Crippen LogP contribution is 2.58. The fraction of sp³-hybridized carbons (Fsp3) is 0.682. The zero-order chi connectivity index (χ0) is 20.9. The predicted octanol–water partition coefficient (Wildman–Crippen LogP) is 2.28. The molecule has 0 aromatic heterocycles. The second kappa shape index (κ2) is 7.36. The lowest BCUT2D eigenvalue weighted by atomic mass is 9.60. The molecule has 1 aromatic carbocycles. The van der Waals surface area contributed by atoms with Crippen LogP contribution >= 0.6 is 0 Å². The van der Waals surface area contributed by atoms with Gasteiger partial charge in [-0.3, -0.25) is 4.79 Å². The van der Waals surface area contributed by atoms with Crippen LogP contribution in [0.5, 0.6) is 0 Å². The summed E-state index contributed by atoms with van der Waals surface area (Å²) in [6, 6.07) is 8.69. The molecule has 0 unspecified atom stereocenters. The Morgan fingerprint density at radius 2 is 1.66 bits per heavy atom. The van der Waals surface area contributed by atoms with Crippen LogP contribution in [0.15, 0.2) is 35.2 Å². The molecule has 3 fully saturated rings. The van der Waals surface area contributed by atoms with Crippen molar-refractivity contribution in [3.63, 3.8) is 0 Å². The summed E-state index contributed by atoms with van der Waals surface area (Å²) in [4.78, 5) is 18.0. The summed E-state index contributed by atoms with van der Waals surface area (Å²) < 4.78 is 27.8. The number of carbonyl (C=O) groups is 1. The highest BCUT2D eigenvalue weighted by Gasteiger charge is 2.64. The van der Waals surface area contributed by atoms with E-state index in [2.05, 4.69) is 18.7 Å². The molecule has 3 saturated heterocycles. The molecular formula is C22H33N3O3S. The maximum Gasteiger partial charge on any atom is 0.243 e. The van der Waals surface area contributed by atoms with Gasteiger partial charge in [-0.15, -0.1) is 0 Å². The van der Waals surface area contributed by atoms with Crippen molar-refractivity contribution in [1.82, 2.24) is 14.1 Å². The molecule has 0 N–H and O–H groups in total. The summed E-state index contributed by atoms with van der Waals surface area (Å²) in [5.74, 6) is 0.818. The van der Waals surface area contributed by atoms with Crippen LogP contribution in [0, 0.1) is 16.7 Å². The molecule has 3 aliphatic rings. The highest BCUT2D eigenvalue weighted by atomic mass is 32.2. The number of piperidine rings is 1. The lowest BCUT2D eigenvalue weighted by molar-refractivity contribution is -0.140. The van der Waals surface area contributed by atoms with Crippen LogP contribution in [0.2, 0.25) is 0 Å². The van der Waals surface area contributed by atoms with Crippen molar-refractivity contribution in [3.05, 3.63) is 30.3 Å². The molecule has 0 saturated carbocycles.